The molecule has 0 aromatic heterocycles. The van der Waals surface area contributed by atoms with Crippen LogP contribution in [0.4, 0.5) is 0 Å². The van der Waals surface area contributed by atoms with Crippen molar-refractivity contribution in [1.82, 2.24) is 9.62 Å². The number of hydrogen-bond acceptors (Lipinski definition) is 3. The first kappa shape index (κ1) is 23.0. The van der Waals surface area contributed by atoms with E-state index in [0.717, 1.165) is 27.6 Å². The number of hydrogen-bond donors (Lipinski definition) is 1. The first-order valence-corrected chi connectivity index (χ1v) is 12.6. The number of aryl methyl sites for hydroxylation is 2. The Labute approximate surface area is 188 Å². The highest BCUT2D eigenvalue weighted by molar-refractivity contribution is 9.10. The van der Waals surface area contributed by atoms with E-state index in [1.807, 2.05) is 57.2 Å². The summed E-state index contributed by atoms with van der Waals surface area (Å²) in [5.74, 6) is -0.159. The molecule has 2 aromatic rings. The molecule has 1 unspecified atom stereocenters. The normalized spacial score (nSPS) is 16.9. The van der Waals surface area contributed by atoms with Gasteiger partial charge in [0, 0.05) is 23.5 Å². The number of nitrogens with one attached hydrogen (secondary N) is 1. The zero-order valence-corrected chi connectivity index (χ0v) is 20.1. The van der Waals surface area contributed by atoms with Gasteiger partial charge >= 0.3 is 0 Å². The van der Waals surface area contributed by atoms with Crippen LogP contribution in [0.3, 0.4) is 0 Å². The van der Waals surface area contributed by atoms with Crippen LogP contribution < -0.4 is 5.32 Å². The lowest BCUT2D eigenvalue weighted by Gasteiger charge is -2.32. The molecule has 0 bridgehead atoms. The summed E-state index contributed by atoms with van der Waals surface area (Å²) in [5.41, 5.74) is 2.87. The van der Waals surface area contributed by atoms with Crippen LogP contribution >= 0.6 is 15.9 Å². The van der Waals surface area contributed by atoms with Gasteiger partial charge in [-0.25, -0.2) is 8.42 Å². The molecule has 0 radical (unpaired) electrons. The van der Waals surface area contributed by atoms with E-state index in [2.05, 4.69) is 21.2 Å². The van der Waals surface area contributed by atoms with Gasteiger partial charge in [-0.3, -0.25) is 4.79 Å². The molecule has 1 fully saturated rings. The average molecular weight is 493 g/mol. The number of amides is 1. The molecule has 2 aromatic carbocycles. The molecule has 1 aliphatic heterocycles. The van der Waals surface area contributed by atoms with Crippen LogP contribution in [0.2, 0.25) is 0 Å². The number of benzene rings is 2. The predicted molar refractivity (Wildman–Crippen MR) is 123 cm³/mol. The van der Waals surface area contributed by atoms with E-state index >= 15 is 0 Å². The highest BCUT2D eigenvalue weighted by atomic mass is 79.9. The molecule has 0 saturated carbocycles. The van der Waals surface area contributed by atoms with Crippen LogP contribution in [0.1, 0.15) is 48.9 Å². The second-order valence-electron chi connectivity index (χ2n) is 7.97. The van der Waals surface area contributed by atoms with Gasteiger partial charge in [-0.2, -0.15) is 4.31 Å². The number of piperidine rings is 1. The van der Waals surface area contributed by atoms with Crippen LogP contribution in [0.5, 0.6) is 0 Å². The predicted octanol–water partition coefficient (Wildman–Crippen LogP) is 4.73. The van der Waals surface area contributed by atoms with Crippen LogP contribution in [0, 0.1) is 19.8 Å². The summed E-state index contributed by atoms with van der Waals surface area (Å²) in [7, 11) is -3.54. The number of sulfonamides is 1. The van der Waals surface area contributed by atoms with Gasteiger partial charge in [0.05, 0.1) is 10.9 Å². The van der Waals surface area contributed by atoms with Gasteiger partial charge in [0.25, 0.3) is 0 Å². The van der Waals surface area contributed by atoms with Crippen molar-refractivity contribution in [2.75, 3.05) is 13.1 Å². The number of carbonyl (C=O) groups excluding carboxylic acids is 1. The summed E-state index contributed by atoms with van der Waals surface area (Å²) in [6.45, 7) is 6.55. The first-order valence-electron chi connectivity index (χ1n) is 10.4. The molecule has 3 rings (SSSR count). The maximum atomic E-state index is 13.1. The SMILES string of the molecule is CCC(NC(=O)C1CCN(S(=O)(=O)c2ccc(C)cc2C)CC1)c1ccc(Br)cc1. The summed E-state index contributed by atoms with van der Waals surface area (Å²) in [5, 5.41) is 3.15. The van der Waals surface area contributed by atoms with Gasteiger partial charge in [-0.1, -0.05) is 52.7 Å². The lowest BCUT2D eigenvalue weighted by atomic mass is 9.96. The Kier molecular flexibility index (Phi) is 7.37. The summed E-state index contributed by atoms with van der Waals surface area (Å²) in [4.78, 5) is 13.2. The molecule has 1 heterocycles. The monoisotopic (exact) mass is 492 g/mol. The fraction of sp³-hybridized carbons (Fsp3) is 0.435. The Morgan fingerprint density at radius 2 is 1.77 bits per heavy atom. The molecule has 7 heteroatoms. The maximum Gasteiger partial charge on any atom is 0.243 e. The molecule has 5 nitrogen and oxygen atoms in total. The summed E-state index contributed by atoms with van der Waals surface area (Å²) < 4.78 is 28.6. The molecule has 1 aliphatic rings. The standard InChI is InChI=1S/C23H29BrN2O3S/c1-4-21(18-6-8-20(24)9-7-18)25-23(27)19-11-13-26(14-12-19)30(28,29)22-10-5-16(2)15-17(22)3/h5-10,15,19,21H,4,11-14H2,1-3H3,(H,25,27). The van der Waals surface area contributed by atoms with Crippen LogP contribution in [-0.2, 0) is 14.8 Å². The fourth-order valence-corrected chi connectivity index (χ4v) is 5.93. The minimum absolute atomic E-state index is 0.00772. The lowest BCUT2D eigenvalue weighted by Crippen LogP contribution is -2.43. The lowest BCUT2D eigenvalue weighted by molar-refractivity contribution is -0.126. The third-order valence-electron chi connectivity index (χ3n) is 5.77. The van der Waals surface area contributed by atoms with Crippen molar-refractivity contribution < 1.29 is 13.2 Å². The van der Waals surface area contributed by atoms with Crippen molar-refractivity contribution in [3.05, 3.63) is 63.6 Å². The molecule has 1 N–H and O–H groups in total. The third-order valence-corrected chi connectivity index (χ3v) is 8.36. The quantitative estimate of drug-likeness (QED) is 0.633. The Hall–Kier alpha value is -1.70. The van der Waals surface area contributed by atoms with Crippen molar-refractivity contribution in [3.8, 4) is 0 Å². The first-order chi connectivity index (χ1) is 14.2. The van der Waals surface area contributed by atoms with E-state index in [1.54, 1.807) is 6.07 Å². The molecule has 1 amide bonds. The van der Waals surface area contributed by atoms with Crippen LogP contribution in [0.25, 0.3) is 0 Å². The number of rotatable bonds is 6. The number of nitrogens with zero attached hydrogens (tertiary/aromatic N) is 1. The van der Waals surface area contributed by atoms with Crippen molar-refractivity contribution in [3.63, 3.8) is 0 Å². The Bertz CT molecular complexity index is 998. The highest BCUT2D eigenvalue weighted by Crippen LogP contribution is 2.27. The van der Waals surface area contributed by atoms with Gasteiger partial charge < -0.3 is 5.32 Å². The second-order valence-corrected chi connectivity index (χ2v) is 10.8. The van der Waals surface area contributed by atoms with Crippen molar-refractivity contribution in [2.24, 2.45) is 5.92 Å². The minimum Gasteiger partial charge on any atom is -0.349 e. The molecular weight excluding hydrogens is 464 g/mol. The molecule has 0 spiro atoms. The Morgan fingerprint density at radius 1 is 1.13 bits per heavy atom. The van der Waals surface area contributed by atoms with Crippen LogP contribution in [0.15, 0.2) is 51.8 Å². The van der Waals surface area contributed by atoms with Crippen molar-refractivity contribution in [2.45, 2.75) is 51.0 Å². The minimum atomic E-state index is -3.54. The van der Waals surface area contributed by atoms with E-state index in [1.165, 1.54) is 4.31 Å². The Morgan fingerprint density at radius 3 is 2.33 bits per heavy atom. The van der Waals surface area contributed by atoms with Gasteiger partial charge in [0.1, 0.15) is 0 Å². The average Bonchev–Trinajstić information content (AvgIpc) is 2.72. The van der Waals surface area contributed by atoms with Gasteiger partial charge in [0.2, 0.25) is 15.9 Å². The zero-order chi connectivity index (χ0) is 21.9. The molecule has 30 heavy (non-hydrogen) atoms. The molecule has 162 valence electrons. The fourth-order valence-electron chi connectivity index (χ4n) is 3.99. The molecule has 1 atom stereocenters. The second kappa shape index (κ2) is 9.62. The van der Waals surface area contributed by atoms with Gasteiger partial charge in [0.15, 0.2) is 0 Å². The summed E-state index contributed by atoms with van der Waals surface area (Å²) in [6.07, 6.45) is 1.87. The summed E-state index contributed by atoms with van der Waals surface area (Å²) in [6, 6.07) is 13.3. The van der Waals surface area contributed by atoms with E-state index in [9.17, 15) is 13.2 Å². The maximum absolute atomic E-state index is 13.1. The summed E-state index contributed by atoms with van der Waals surface area (Å²) >= 11 is 3.44. The Balaban J connectivity index is 1.63. The largest absolute Gasteiger partial charge is 0.349 e. The van der Waals surface area contributed by atoms with Gasteiger partial charge in [-0.05, 0) is 62.4 Å². The topological polar surface area (TPSA) is 66.5 Å². The zero-order valence-electron chi connectivity index (χ0n) is 17.7. The molecule has 0 aliphatic carbocycles. The van der Waals surface area contributed by atoms with E-state index in [-0.39, 0.29) is 17.9 Å². The van der Waals surface area contributed by atoms with Crippen molar-refractivity contribution in [1.29, 1.82) is 0 Å². The van der Waals surface area contributed by atoms with Crippen LogP contribution in [-0.4, -0.2) is 31.7 Å². The van der Waals surface area contributed by atoms with E-state index < -0.39 is 10.0 Å². The third kappa shape index (κ3) is 5.13. The van der Waals surface area contributed by atoms with Gasteiger partial charge in [-0.15, -0.1) is 0 Å². The number of carbonyl (C=O) groups is 1. The molecular formula is C23H29BrN2O3S. The smallest absolute Gasteiger partial charge is 0.243 e. The highest BCUT2D eigenvalue weighted by Gasteiger charge is 2.33. The van der Waals surface area contributed by atoms with E-state index in [4.69, 9.17) is 0 Å². The van der Waals surface area contributed by atoms with E-state index in [0.29, 0.717) is 30.8 Å². The number of halogens is 1. The molecule has 1 saturated heterocycles. The van der Waals surface area contributed by atoms with Crippen molar-refractivity contribution >= 4 is 31.9 Å².